The number of nitrogens with zero attached hydrogens (tertiary/aromatic N) is 1. The minimum Gasteiger partial charge on any atom is -0.491 e. The average Bonchev–Trinajstić information content (AvgIpc) is 2.67. The van der Waals surface area contributed by atoms with Crippen molar-refractivity contribution in [3.63, 3.8) is 0 Å². The van der Waals surface area contributed by atoms with Gasteiger partial charge >= 0.3 is 0 Å². The smallest absolute Gasteiger partial charge is 0.142 e. The summed E-state index contributed by atoms with van der Waals surface area (Å²) in [5, 5.41) is 9.79. The molecule has 0 amide bonds. The molecule has 2 fully saturated rings. The largest absolute Gasteiger partial charge is 0.491 e. The molecule has 1 aromatic carbocycles. The van der Waals surface area contributed by atoms with Gasteiger partial charge in [-0.15, -0.1) is 0 Å². The predicted octanol–water partition coefficient (Wildman–Crippen LogP) is 2.03. The fraction of sp³-hybridized carbons (Fsp3) is 0.625. The maximum Gasteiger partial charge on any atom is 0.142 e. The Balaban J connectivity index is 1.44. The van der Waals surface area contributed by atoms with E-state index in [1.54, 1.807) is 0 Å². The van der Waals surface area contributed by atoms with Gasteiger partial charge in [0.05, 0.1) is 18.4 Å². The van der Waals surface area contributed by atoms with Gasteiger partial charge in [-0.2, -0.15) is 0 Å². The van der Waals surface area contributed by atoms with Crippen molar-refractivity contribution in [2.75, 3.05) is 18.9 Å². The molecule has 1 aromatic rings. The highest BCUT2D eigenvalue weighted by molar-refractivity contribution is 5.51. The van der Waals surface area contributed by atoms with Crippen LogP contribution >= 0.6 is 0 Å². The summed E-state index contributed by atoms with van der Waals surface area (Å²) in [5.74, 6) is 0.782. The molecule has 0 aliphatic carbocycles. The zero-order valence-corrected chi connectivity index (χ0v) is 11.9. The first-order chi connectivity index (χ1) is 9.74. The number of hydrogen-bond donors (Lipinski definition) is 2. The first-order valence-corrected chi connectivity index (χ1v) is 7.65. The Morgan fingerprint density at radius 3 is 2.60 bits per heavy atom. The summed E-state index contributed by atoms with van der Waals surface area (Å²) >= 11 is 0. The van der Waals surface area contributed by atoms with Crippen molar-refractivity contribution in [2.24, 2.45) is 0 Å². The van der Waals surface area contributed by atoms with Gasteiger partial charge in [0.1, 0.15) is 5.75 Å². The van der Waals surface area contributed by atoms with Crippen molar-refractivity contribution in [3.8, 4) is 5.75 Å². The number of anilines is 1. The molecular weight excluding hydrogens is 252 g/mol. The third-order valence-corrected chi connectivity index (χ3v) is 4.60. The normalized spacial score (nSPS) is 29.6. The third kappa shape index (κ3) is 2.91. The number of benzene rings is 1. The van der Waals surface area contributed by atoms with Crippen LogP contribution in [0.5, 0.6) is 5.75 Å². The number of fused-ring (bicyclic) bond motifs is 2. The standard InChI is InChI=1S/C16H24N2O2/c17-15-4-1-2-5-16(15)20-9-3-8-18-12-6-7-13(18)11-14(19)10-12/h1-2,4-5,12-14,19H,3,6-11,17H2. The highest BCUT2D eigenvalue weighted by atomic mass is 16.5. The molecule has 2 atom stereocenters. The molecule has 4 heteroatoms. The summed E-state index contributed by atoms with van der Waals surface area (Å²) < 4.78 is 5.74. The molecule has 0 spiro atoms. The van der Waals surface area contributed by atoms with Crippen LogP contribution in [0.4, 0.5) is 5.69 Å². The molecule has 2 saturated heterocycles. The monoisotopic (exact) mass is 276 g/mol. The molecule has 0 radical (unpaired) electrons. The van der Waals surface area contributed by atoms with E-state index < -0.39 is 0 Å². The summed E-state index contributed by atoms with van der Waals surface area (Å²) in [7, 11) is 0. The van der Waals surface area contributed by atoms with Crippen molar-refractivity contribution in [1.82, 2.24) is 4.90 Å². The second kappa shape index (κ2) is 6.02. The van der Waals surface area contributed by atoms with Gasteiger partial charge in [0.2, 0.25) is 0 Å². The molecule has 2 heterocycles. The molecule has 3 N–H and O–H groups in total. The molecule has 20 heavy (non-hydrogen) atoms. The van der Waals surface area contributed by atoms with Crippen LogP contribution in [0.1, 0.15) is 32.1 Å². The van der Waals surface area contributed by atoms with E-state index in [1.165, 1.54) is 12.8 Å². The topological polar surface area (TPSA) is 58.7 Å². The summed E-state index contributed by atoms with van der Waals surface area (Å²) in [6, 6.07) is 8.81. The quantitative estimate of drug-likeness (QED) is 0.638. The van der Waals surface area contributed by atoms with E-state index in [0.717, 1.165) is 31.6 Å². The number of nitrogens with two attached hydrogens (primary N) is 1. The highest BCUT2D eigenvalue weighted by Crippen LogP contribution is 2.35. The van der Waals surface area contributed by atoms with Crippen molar-refractivity contribution < 1.29 is 9.84 Å². The van der Waals surface area contributed by atoms with Gasteiger partial charge in [0.25, 0.3) is 0 Å². The van der Waals surface area contributed by atoms with Crippen molar-refractivity contribution in [3.05, 3.63) is 24.3 Å². The Morgan fingerprint density at radius 2 is 1.90 bits per heavy atom. The number of para-hydroxylation sites is 2. The number of aliphatic hydroxyl groups excluding tert-OH is 1. The van der Waals surface area contributed by atoms with Gasteiger partial charge in [-0.1, -0.05) is 12.1 Å². The molecule has 2 aliphatic rings. The van der Waals surface area contributed by atoms with Crippen LogP contribution in [0.15, 0.2) is 24.3 Å². The molecule has 2 unspecified atom stereocenters. The van der Waals surface area contributed by atoms with E-state index in [4.69, 9.17) is 10.5 Å². The van der Waals surface area contributed by atoms with Crippen LogP contribution in [-0.4, -0.2) is 41.3 Å². The minimum absolute atomic E-state index is 0.0795. The Kier molecular flexibility index (Phi) is 4.13. The molecule has 3 rings (SSSR count). The van der Waals surface area contributed by atoms with Crippen LogP contribution in [0.3, 0.4) is 0 Å². The van der Waals surface area contributed by atoms with E-state index >= 15 is 0 Å². The molecule has 2 bridgehead atoms. The lowest BCUT2D eigenvalue weighted by Crippen LogP contribution is -2.45. The SMILES string of the molecule is Nc1ccccc1OCCCN1C2CCC1CC(O)C2. The fourth-order valence-corrected chi connectivity index (χ4v) is 3.65. The number of aliphatic hydroxyl groups is 1. The number of rotatable bonds is 5. The number of ether oxygens (including phenoxy) is 1. The maximum atomic E-state index is 9.79. The highest BCUT2D eigenvalue weighted by Gasteiger charge is 2.39. The zero-order valence-electron chi connectivity index (χ0n) is 11.9. The molecule has 0 aromatic heterocycles. The molecule has 0 saturated carbocycles. The Labute approximate surface area is 120 Å². The molecule has 110 valence electrons. The number of piperidine rings is 1. The van der Waals surface area contributed by atoms with Gasteiger partial charge in [0.15, 0.2) is 0 Å². The van der Waals surface area contributed by atoms with Crippen LogP contribution < -0.4 is 10.5 Å². The lowest BCUT2D eigenvalue weighted by atomic mass is 10.00. The van der Waals surface area contributed by atoms with E-state index in [-0.39, 0.29) is 6.10 Å². The van der Waals surface area contributed by atoms with Crippen LogP contribution in [0.25, 0.3) is 0 Å². The summed E-state index contributed by atoms with van der Waals surface area (Å²) in [6.45, 7) is 1.77. The van der Waals surface area contributed by atoms with Gasteiger partial charge in [-0.25, -0.2) is 0 Å². The van der Waals surface area contributed by atoms with Crippen LogP contribution in [0.2, 0.25) is 0 Å². The zero-order chi connectivity index (χ0) is 13.9. The third-order valence-electron chi connectivity index (χ3n) is 4.60. The molecular formula is C16H24N2O2. The van der Waals surface area contributed by atoms with Gasteiger partial charge in [-0.3, -0.25) is 4.90 Å². The lowest BCUT2D eigenvalue weighted by molar-refractivity contribution is 0.0331. The minimum atomic E-state index is -0.0795. The second-order valence-electron chi connectivity index (χ2n) is 5.99. The Hall–Kier alpha value is -1.26. The summed E-state index contributed by atoms with van der Waals surface area (Å²) in [6.07, 6.45) is 5.32. The van der Waals surface area contributed by atoms with E-state index in [0.29, 0.717) is 24.4 Å². The van der Waals surface area contributed by atoms with Crippen molar-refractivity contribution in [2.45, 2.75) is 50.3 Å². The summed E-state index contributed by atoms with van der Waals surface area (Å²) in [5.41, 5.74) is 6.55. The van der Waals surface area contributed by atoms with Crippen molar-refractivity contribution in [1.29, 1.82) is 0 Å². The summed E-state index contributed by atoms with van der Waals surface area (Å²) in [4.78, 5) is 2.57. The van der Waals surface area contributed by atoms with Crippen LogP contribution in [0, 0.1) is 0 Å². The van der Waals surface area contributed by atoms with E-state index in [1.807, 2.05) is 24.3 Å². The number of hydrogen-bond acceptors (Lipinski definition) is 4. The van der Waals surface area contributed by atoms with E-state index in [9.17, 15) is 5.11 Å². The predicted molar refractivity (Wildman–Crippen MR) is 79.7 cm³/mol. The van der Waals surface area contributed by atoms with Crippen LogP contribution in [-0.2, 0) is 0 Å². The van der Waals surface area contributed by atoms with Gasteiger partial charge in [-0.05, 0) is 44.2 Å². The molecule has 4 nitrogen and oxygen atoms in total. The van der Waals surface area contributed by atoms with Gasteiger partial charge < -0.3 is 15.6 Å². The first-order valence-electron chi connectivity index (χ1n) is 7.65. The fourth-order valence-electron chi connectivity index (χ4n) is 3.65. The van der Waals surface area contributed by atoms with Crippen molar-refractivity contribution >= 4 is 5.69 Å². The molecule has 2 aliphatic heterocycles. The second-order valence-corrected chi connectivity index (χ2v) is 5.99. The Bertz CT molecular complexity index is 438. The number of nitrogen functional groups attached to an aromatic ring is 1. The lowest BCUT2D eigenvalue weighted by Gasteiger charge is -2.37. The first kappa shape index (κ1) is 13.7. The van der Waals surface area contributed by atoms with E-state index in [2.05, 4.69) is 4.90 Å². The maximum absolute atomic E-state index is 9.79. The van der Waals surface area contributed by atoms with Gasteiger partial charge in [0, 0.05) is 18.6 Å². The Morgan fingerprint density at radius 1 is 1.20 bits per heavy atom. The average molecular weight is 276 g/mol.